The molecule has 3 nitrogen and oxygen atoms in total. The van der Waals surface area contributed by atoms with Crippen LogP contribution in [0, 0.1) is 0 Å². The Kier molecular flexibility index (Phi) is 4.98. The number of ether oxygens (including phenoxy) is 2. The Morgan fingerprint density at radius 2 is 1.52 bits per heavy atom. The van der Waals surface area contributed by atoms with E-state index >= 15 is 0 Å². The zero-order valence-electron chi connectivity index (χ0n) is 11.9. The van der Waals surface area contributed by atoms with Gasteiger partial charge < -0.3 is 14.8 Å². The van der Waals surface area contributed by atoms with Crippen LogP contribution in [0.25, 0.3) is 0 Å². The second-order valence-corrected chi connectivity index (χ2v) is 4.50. The number of nitrogens with one attached hydrogen (secondary N) is 1. The van der Waals surface area contributed by atoms with Crippen molar-refractivity contribution in [3.8, 4) is 11.5 Å². The van der Waals surface area contributed by atoms with Crippen LogP contribution < -0.4 is 14.8 Å². The van der Waals surface area contributed by atoms with Crippen molar-refractivity contribution in [2.24, 2.45) is 0 Å². The number of anilines is 1. The molecule has 0 amide bonds. The maximum absolute atomic E-state index is 12.5. The molecule has 112 valence electrons. The molecule has 2 rings (SSSR count). The maximum Gasteiger partial charge on any atom is 0.263 e. The molecule has 21 heavy (non-hydrogen) atoms. The van der Waals surface area contributed by atoms with Crippen LogP contribution in [0.15, 0.2) is 42.5 Å². The van der Waals surface area contributed by atoms with Crippen molar-refractivity contribution < 1.29 is 18.3 Å². The van der Waals surface area contributed by atoms with Gasteiger partial charge in [0.2, 0.25) is 0 Å². The number of halogens is 2. The second kappa shape index (κ2) is 6.92. The molecule has 0 unspecified atom stereocenters. The lowest BCUT2D eigenvalue weighted by molar-refractivity contribution is 0.151. The minimum atomic E-state index is -2.44. The van der Waals surface area contributed by atoms with E-state index in [1.807, 2.05) is 12.1 Å². The monoisotopic (exact) mass is 293 g/mol. The normalized spacial score (nSPS) is 10.5. The molecule has 1 N–H and O–H groups in total. The SMILES string of the molecule is COc1cc(NCc2ccc(C(F)F)cc2)cc(OC)c1. The molecule has 2 aromatic carbocycles. The number of methoxy groups -OCH3 is 2. The van der Waals surface area contributed by atoms with E-state index < -0.39 is 6.43 Å². The van der Waals surface area contributed by atoms with E-state index in [2.05, 4.69) is 5.32 Å². The van der Waals surface area contributed by atoms with Gasteiger partial charge in [-0.3, -0.25) is 0 Å². The lowest BCUT2D eigenvalue weighted by Crippen LogP contribution is -2.00. The van der Waals surface area contributed by atoms with Gasteiger partial charge in [-0.15, -0.1) is 0 Å². The molecule has 0 aliphatic carbocycles. The lowest BCUT2D eigenvalue weighted by atomic mass is 10.1. The summed E-state index contributed by atoms with van der Waals surface area (Å²) in [7, 11) is 3.17. The van der Waals surface area contributed by atoms with Crippen LogP contribution in [0.2, 0.25) is 0 Å². The highest BCUT2D eigenvalue weighted by Gasteiger charge is 2.06. The predicted molar refractivity (Wildman–Crippen MR) is 78.3 cm³/mol. The second-order valence-electron chi connectivity index (χ2n) is 4.50. The van der Waals surface area contributed by atoms with Crippen LogP contribution in [0.3, 0.4) is 0 Å². The van der Waals surface area contributed by atoms with Crippen molar-refractivity contribution in [1.82, 2.24) is 0 Å². The Hall–Kier alpha value is -2.30. The highest BCUT2D eigenvalue weighted by molar-refractivity contribution is 5.54. The number of rotatable bonds is 6. The zero-order chi connectivity index (χ0) is 15.2. The van der Waals surface area contributed by atoms with Crippen LogP contribution >= 0.6 is 0 Å². The minimum absolute atomic E-state index is 0.0294. The molecule has 0 aliphatic heterocycles. The molecule has 5 heteroatoms. The molecule has 2 aromatic rings. The van der Waals surface area contributed by atoms with Gasteiger partial charge in [0.1, 0.15) is 11.5 Å². The average molecular weight is 293 g/mol. The zero-order valence-corrected chi connectivity index (χ0v) is 11.9. The Morgan fingerprint density at radius 3 is 2.00 bits per heavy atom. The predicted octanol–water partition coefficient (Wildman–Crippen LogP) is 4.25. The summed E-state index contributed by atoms with van der Waals surface area (Å²) in [5.41, 5.74) is 1.78. The fourth-order valence-corrected chi connectivity index (χ4v) is 1.89. The van der Waals surface area contributed by atoms with E-state index in [0.29, 0.717) is 18.0 Å². The van der Waals surface area contributed by atoms with Gasteiger partial charge in [0.25, 0.3) is 6.43 Å². The van der Waals surface area contributed by atoms with Crippen LogP contribution in [-0.4, -0.2) is 14.2 Å². The molecular formula is C16H17F2NO2. The summed E-state index contributed by atoms with van der Waals surface area (Å²) >= 11 is 0. The number of alkyl halides is 2. The van der Waals surface area contributed by atoms with E-state index in [1.165, 1.54) is 12.1 Å². The first kappa shape index (κ1) is 15.1. The smallest absolute Gasteiger partial charge is 0.263 e. The molecule has 0 spiro atoms. The van der Waals surface area contributed by atoms with Crippen molar-refractivity contribution in [2.75, 3.05) is 19.5 Å². The van der Waals surface area contributed by atoms with E-state index in [0.717, 1.165) is 11.3 Å². The molecule has 0 saturated carbocycles. The minimum Gasteiger partial charge on any atom is -0.497 e. The van der Waals surface area contributed by atoms with Crippen molar-refractivity contribution in [3.05, 3.63) is 53.6 Å². The maximum atomic E-state index is 12.5. The summed E-state index contributed by atoms with van der Waals surface area (Å²) in [6, 6.07) is 11.7. The van der Waals surface area contributed by atoms with Crippen LogP contribution in [-0.2, 0) is 6.54 Å². The van der Waals surface area contributed by atoms with Crippen molar-refractivity contribution in [3.63, 3.8) is 0 Å². The van der Waals surface area contributed by atoms with Gasteiger partial charge >= 0.3 is 0 Å². The highest BCUT2D eigenvalue weighted by Crippen LogP contribution is 2.26. The summed E-state index contributed by atoms with van der Waals surface area (Å²) in [6.45, 7) is 0.528. The number of hydrogen-bond acceptors (Lipinski definition) is 3. The van der Waals surface area contributed by atoms with E-state index in [9.17, 15) is 8.78 Å². The molecule has 0 saturated heterocycles. The standard InChI is InChI=1S/C16H17F2NO2/c1-20-14-7-13(8-15(9-14)21-2)19-10-11-3-5-12(6-4-11)16(17)18/h3-9,16,19H,10H2,1-2H3. The van der Waals surface area contributed by atoms with Crippen molar-refractivity contribution in [1.29, 1.82) is 0 Å². The molecule has 0 aromatic heterocycles. The average Bonchev–Trinajstić information content (AvgIpc) is 2.52. The van der Waals surface area contributed by atoms with Crippen molar-refractivity contribution in [2.45, 2.75) is 13.0 Å². The molecular weight excluding hydrogens is 276 g/mol. The fourth-order valence-electron chi connectivity index (χ4n) is 1.89. The van der Waals surface area contributed by atoms with Crippen LogP contribution in [0.1, 0.15) is 17.6 Å². The lowest BCUT2D eigenvalue weighted by Gasteiger charge is -2.11. The topological polar surface area (TPSA) is 30.5 Å². The summed E-state index contributed by atoms with van der Waals surface area (Å²) < 4.78 is 35.3. The number of hydrogen-bond donors (Lipinski definition) is 1. The van der Waals surface area contributed by atoms with Gasteiger partial charge in [-0.25, -0.2) is 8.78 Å². The Labute approximate surface area is 122 Å². The quantitative estimate of drug-likeness (QED) is 0.863. The molecule has 0 fully saturated rings. The van der Waals surface area contributed by atoms with Crippen molar-refractivity contribution >= 4 is 5.69 Å². The molecule has 0 atom stereocenters. The summed E-state index contributed by atoms with van der Waals surface area (Å²) in [6.07, 6.45) is -2.44. The summed E-state index contributed by atoms with van der Waals surface area (Å²) in [4.78, 5) is 0. The molecule has 0 bridgehead atoms. The molecule has 0 aliphatic rings. The third-order valence-electron chi connectivity index (χ3n) is 3.08. The van der Waals surface area contributed by atoms with Gasteiger partial charge in [0.05, 0.1) is 14.2 Å². The van der Waals surface area contributed by atoms with Gasteiger partial charge in [0, 0.05) is 36.0 Å². The van der Waals surface area contributed by atoms with Crippen LogP contribution in [0.5, 0.6) is 11.5 Å². The first-order valence-electron chi connectivity index (χ1n) is 6.46. The van der Waals surface area contributed by atoms with Gasteiger partial charge in [-0.05, 0) is 5.56 Å². The third kappa shape index (κ3) is 4.08. The molecule has 0 heterocycles. The van der Waals surface area contributed by atoms with Gasteiger partial charge in [-0.1, -0.05) is 24.3 Å². The van der Waals surface area contributed by atoms with Gasteiger partial charge in [-0.2, -0.15) is 0 Å². The first-order chi connectivity index (χ1) is 10.1. The van der Waals surface area contributed by atoms with E-state index in [1.54, 1.807) is 32.4 Å². The first-order valence-corrected chi connectivity index (χ1v) is 6.46. The van der Waals surface area contributed by atoms with Gasteiger partial charge in [0.15, 0.2) is 0 Å². The Balaban J connectivity index is 2.05. The number of benzene rings is 2. The van der Waals surface area contributed by atoms with Crippen LogP contribution in [0.4, 0.5) is 14.5 Å². The summed E-state index contributed by atoms with van der Waals surface area (Å²) in [5.74, 6) is 1.37. The fraction of sp³-hybridized carbons (Fsp3) is 0.250. The third-order valence-corrected chi connectivity index (χ3v) is 3.08. The van der Waals surface area contributed by atoms with E-state index in [-0.39, 0.29) is 5.56 Å². The van der Waals surface area contributed by atoms with E-state index in [4.69, 9.17) is 9.47 Å². The Bertz CT molecular complexity index is 563. The summed E-state index contributed by atoms with van der Waals surface area (Å²) in [5, 5.41) is 3.21. The Morgan fingerprint density at radius 1 is 0.952 bits per heavy atom. The highest BCUT2D eigenvalue weighted by atomic mass is 19.3. The molecule has 0 radical (unpaired) electrons. The largest absolute Gasteiger partial charge is 0.497 e.